The van der Waals surface area contributed by atoms with E-state index in [0.717, 1.165) is 5.57 Å². The lowest BCUT2D eigenvalue weighted by molar-refractivity contribution is -0.137. The predicted octanol–water partition coefficient (Wildman–Crippen LogP) is 4.69. The summed E-state index contributed by atoms with van der Waals surface area (Å²) in [5, 5.41) is 0. The van der Waals surface area contributed by atoms with E-state index in [1.165, 1.54) is 0 Å². The molecule has 0 aliphatic rings. The van der Waals surface area contributed by atoms with Crippen molar-refractivity contribution in [2.45, 2.75) is 72.0 Å². The van der Waals surface area contributed by atoms with Crippen LogP contribution in [0.25, 0.3) is 0 Å². The molecule has 0 radical (unpaired) electrons. The van der Waals surface area contributed by atoms with E-state index in [0.29, 0.717) is 29.8 Å². The van der Waals surface area contributed by atoms with E-state index < -0.39 is 8.32 Å². The lowest BCUT2D eigenvalue weighted by Gasteiger charge is -2.42. The fourth-order valence-corrected chi connectivity index (χ4v) is 8.64. The molecular weight excluding hydrogens is 268 g/mol. The van der Waals surface area contributed by atoms with Crippen LogP contribution in [-0.4, -0.2) is 27.5 Å². The summed E-state index contributed by atoms with van der Waals surface area (Å²) in [6.07, 6.45) is 1.55. The molecule has 0 aromatic heterocycles. The van der Waals surface area contributed by atoms with Gasteiger partial charge in [-0.15, -0.1) is 0 Å². The molecule has 0 rings (SSSR count). The van der Waals surface area contributed by atoms with Crippen LogP contribution in [-0.2, 0) is 14.0 Å². The highest BCUT2D eigenvalue weighted by Gasteiger charge is 2.44. The summed E-state index contributed by atoms with van der Waals surface area (Å²) >= 11 is 0. The number of esters is 1. The maximum Gasteiger partial charge on any atom is 0.330 e. The minimum absolute atomic E-state index is 0.278. The fraction of sp³-hybridized carbons (Fsp3) is 0.812. The van der Waals surface area contributed by atoms with Crippen LogP contribution in [0.3, 0.4) is 0 Å². The van der Waals surface area contributed by atoms with Gasteiger partial charge in [-0.1, -0.05) is 41.5 Å². The Morgan fingerprint density at radius 2 is 1.50 bits per heavy atom. The van der Waals surface area contributed by atoms with Gasteiger partial charge in [-0.3, -0.25) is 0 Å². The quantitative estimate of drug-likeness (QED) is 0.371. The van der Waals surface area contributed by atoms with Crippen molar-refractivity contribution in [2.75, 3.05) is 13.2 Å². The van der Waals surface area contributed by atoms with Crippen LogP contribution in [0.2, 0.25) is 16.6 Å². The van der Waals surface area contributed by atoms with Crippen molar-refractivity contribution in [1.82, 2.24) is 0 Å². The Hall–Kier alpha value is -0.613. The minimum Gasteiger partial charge on any atom is -0.463 e. The Balaban J connectivity index is 4.91. The Kier molecular flexibility index (Phi) is 8.36. The van der Waals surface area contributed by atoms with Gasteiger partial charge in [0.25, 0.3) is 0 Å². The van der Waals surface area contributed by atoms with Gasteiger partial charge in [0.05, 0.1) is 13.2 Å². The molecule has 118 valence electrons. The number of hydrogen-bond donors (Lipinski definition) is 0. The van der Waals surface area contributed by atoms with Crippen molar-refractivity contribution >= 4 is 14.3 Å². The van der Waals surface area contributed by atoms with Crippen LogP contribution in [0.5, 0.6) is 0 Å². The van der Waals surface area contributed by atoms with Gasteiger partial charge < -0.3 is 9.16 Å². The second kappa shape index (κ2) is 8.62. The molecule has 0 aromatic carbocycles. The zero-order chi connectivity index (χ0) is 15.9. The van der Waals surface area contributed by atoms with Gasteiger partial charge >= 0.3 is 5.97 Å². The molecule has 3 nitrogen and oxygen atoms in total. The number of rotatable bonds is 8. The Morgan fingerprint density at radius 1 is 1.05 bits per heavy atom. The Bertz CT molecular complexity index is 311. The largest absolute Gasteiger partial charge is 0.463 e. The van der Waals surface area contributed by atoms with Gasteiger partial charge in [0.2, 0.25) is 8.32 Å². The molecule has 0 spiro atoms. The van der Waals surface area contributed by atoms with E-state index in [4.69, 9.17) is 9.16 Å². The molecule has 20 heavy (non-hydrogen) atoms. The first-order valence-corrected chi connectivity index (χ1v) is 9.80. The number of carbonyl (C=O) groups excluding carboxylic acids is 1. The maximum atomic E-state index is 11.4. The van der Waals surface area contributed by atoms with E-state index >= 15 is 0 Å². The lowest BCUT2D eigenvalue weighted by Crippen LogP contribution is -2.48. The summed E-state index contributed by atoms with van der Waals surface area (Å²) in [4.78, 5) is 11.4. The molecule has 0 heterocycles. The molecule has 0 N–H and O–H groups in total. The van der Waals surface area contributed by atoms with Gasteiger partial charge in [-0.25, -0.2) is 4.79 Å². The zero-order valence-corrected chi connectivity index (χ0v) is 15.4. The van der Waals surface area contributed by atoms with Gasteiger partial charge in [0.1, 0.15) is 0 Å². The molecule has 0 saturated heterocycles. The zero-order valence-electron chi connectivity index (χ0n) is 14.4. The van der Waals surface area contributed by atoms with Crippen molar-refractivity contribution in [3.8, 4) is 0 Å². The van der Waals surface area contributed by atoms with E-state index in [2.05, 4.69) is 41.5 Å². The van der Waals surface area contributed by atoms with Gasteiger partial charge in [0.15, 0.2) is 0 Å². The van der Waals surface area contributed by atoms with E-state index in [1.54, 1.807) is 6.08 Å². The third-order valence-corrected chi connectivity index (χ3v) is 9.97. The van der Waals surface area contributed by atoms with Crippen LogP contribution in [0.4, 0.5) is 0 Å². The molecule has 4 heteroatoms. The molecule has 0 fully saturated rings. The van der Waals surface area contributed by atoms with Crippen LogP contribution in [0.15, 0.2) is 11.6 Å². The van der Waals surface area contributed by atoms with Crippen LogP contribution >= 0.6 is 0 Å². The number of hydrogen-bond acceptors (Lipinski definition) is 3. The Labute approximate surface area is 125 Å². The van der Waals surface area contributed by atoms with Crippen LogP contribution < -0.4 is 0 Å². The standard InChI is InChI=1S/C16H32O3Si/c1-9-18-16(17)10-15(8)11-19-20(12(2)3,13(4)5)14(6)7/h10,12-14H,9,11H2,1-8H3/b15-10+. The van der Waals surface area contributed by atoms with Crippen LogP contribution in [0, 0.1) is 0 Å². The topological polar surface area (TPSA) is 35.5 Å². The van der Waals surface area contributed by atoms with Crippen LogP contribution in [0.1, 0.15) is 55.4 Å². The predicted molar refractivity (Wildman–Crippen MR) is 87.4 cm³/mol. The molecule has 0 amide bonds. The van der Waals surface area contributed by atoms with Gasteiger partial charge in [-0.2, -0.15) is 0 Å². The normalized spacial score (nSPS) is 13.4. The first kappa shape index (κ1) is 19.4. The molecular formula is C16H32O3Si. The van der Waals surface area contributed by atoms with Crippen molar-refractivity contribution in [3.63, 3.8) is 0 Å². The molecule has 0 atom stereocenters. The van der Waals surface area contributed by atoms with E-state index in [1.807, 2.05) is 13.8 Å². The summed E-state index contributed by atoms with van der Waals surface area (Å²) in [6, 6.07) is 0. The molecule has 0 saturated carbocycles. The second-order valence-electron chi connectivity index (χ2n) is 6.35. The lowest BCUT2D eigenvalue weighted by atomic mass is 10.3. The molecule has 0 aromatic rings. The fourth-order valence-electron chi connectivity index (χ4n) is 3.17. The highest BCUT2D eigenvalue weighted by atomic mass is 28.4. The van der Waals surface area contributed by atoms with Gasteiger partial charge in [-0.05, 0) is 36.0 Å². The molecule has 0 unspecified atom stereocenters. The average Bonchev–Trinajstić information content (AvgIpc) is 2.28. The van der Waals surface area contributed by atoms with Crippen molar-refractivity contribution in [2.24, 2.45) is 0 Å². The third-order valence-electron chi connectivity index (χ3n) is 3.91. The SMILES string of the molecule is CCOC(=O)/C=C(\C)CO[Si](C(C)C)(C(C)C)C(C)C. The summed E-state index contributed by atoms with van der Waals surface area (Å²) in [5.41, 5.74) is 2.59. The monoisotopic (exact) mass is 300 g/mol. The minimum atomic E-state index is -1.85. The van der Waals surface area contributed by atoms with Gasteiger partial charge in [0, 0.05) is 6.08 Å². The maximum absolute atomic E-state index is 11.4. The van der Waals surface area contributed by atoms with E-state index in [-0.39, 0.29) is 5.97 Å². The highest BCUT2D eigenvalue weighted by molar-refractivity contribution is 6.77. The first-order valence-electron chi connectivity index (χ1n) is 7.66. The summed E-state index contributed by atoms with van der Waals surface area (Å²) < 4.78 is 11.3. The Morgan fingerprint density at radius 3 is 1.85 bits per heavy atom. The summed E-state index contributed by atoms with van der Waals surface area (Å²) in [7, 11) is -1.85. The number of ether oxygens (including phenoxy) is 1. The number of carbonyl (C=O) groups is 1. The molecule has 0 aliphatic carbocycles. The van der Waals surface area contributed by atoms with Crippen molar-refractivity contribution < 1.29 is 14.0 Å². The smallest absolute Gasteiger partial charge is 0.330 e. The van der Waals surface area contributed by atoms with Crippen molar-refractivity contribution in [3.05, 3.63) is 11.6 Å². The van der Waals surface area contributed by atoms with Crippen molar-refractivity contribution in [1.29, 1.82) is 0 Å². The summed E-state index contributed by atoms with van der Waals surface area (Å²) in [6.45, 7) is 18.2. The third kappa shape index (κ3) is 5.06. The van der Waals surface area contributed by atoms with E-state index in [9.17, 15) is 4.79 Å². The first-order chi connectivity index (χ1) is 9.18. The summed E-state index contributed by atoms with van der Waals surface area (Å²) in [5.74, 6) is -0.278. The average molecular weight is 301 g/mol. The highest BCUT2D eigenvalue weighted by Crippen LogP contribution is 2.42. The molecule has 0 bridgehead atoms. The molecule has 0 aliphatic heterocycles. The second-order valence-corrected chi connectivity index (χ2v) is 11.8.